The van der Waals surface area contributed by atoms with Crippen LogP contribution in [0.2, 0.25) is 0 Å². The van der Waals surface area contributed by atoms with Gasteiger partial charge in [0.05, 0.1) is 44.1 Å². The molecule has 0 amide bonds. The third-order valence-electron chi connectivity index (χ3n) is 19.2. The summed E-state index contributed by atoms with van der Waals surface area (Å²) in [5, 5.41) is 13.3. The van der Waals surface area contributed by atoms with Crippen molar-refractivity contribution in [3.63, 3.8) is 0 Å². The van der Waals surface area contributed by atoms with E-state index < -0.39 is 5.41 Å². The van der Waals surface area contributed by atoms with Gasteiger partial charge in [0.15, 0.2) is 0 Å². The van der Waals surface area contributed by atoms with Gasteiger partial charge in [-0.3, -0.25) is 0 Å². The Hall–Kier alpha value is -11.3. The molecule has 0 atom stereocenters. The molecule has 0 fully saturated rings. The van der Waals surface area contributed by atoms with Crippen molar-refractivity contribution < 1.29 is 8.83 Å². The summed E-state index contributed by atoms with van der Waals surface area (Å²) < 4.78 is 25.3. The van der Waals surface area contributed by atoms with E-state index in [4.69, 9.17) is 8.83 Å². The van der Waals surface area contributed by atoms with Gasteiger partial charge in [0.1, 0.15) is 22.3 Å². The summed E-state index contributed by atoms with van der Waals surface area (Å²) in [5.74, 6) is 0. The van der Waals surface area contributed by atoms with Crippen molar-refractivity contribution in [1.29, 1.82) is 0 Å². The molecule has 19 rings (SSSR count). The van der Waals surface area contributed by atoms with Gasteiger partial charge < -0.3 is 27.1 Å². The highest BCUT2D eigenvalue weighted by Gasteiger charge is 2.42. The number of nitrogens with zero attached hydrogens (tertiary/aromatic N) is 4. The molecule has 2 aliphatic heterocycles. The number of aromatic nitrogens is 4. The summed E-state index contributed by atoms with van der Waals surface area (Å²) in [6.07, 6.45) is 0. The summed E-state index contributed by atoms with van der Waals surface area (Å²) in [6.45, 7) is 6.89. The van der Waals surface area contributed by atoms with E-state index in [2.05, 4.69) is 318 Å². The molecule has 6 nitrogen and oxygen atoms in total. The number of hydrogen-bond donors (Lipinski definition) is 0. The van der Waals surface area contributed by atoms with Gasteiger partial charge in [-0.25, -0.2) is 0 Å². The Kier molecular flexibility index (Phi) is 10.4. The predicted molar refractivity (Wildman–Crippen MR) is 375 cm³/mol. The predicted octanol–water partition coefficient (Wildman–Crippen LogP) is 19.7. The lowest BCUT2D eigenvalue weighted by atomic mass is 9.34. The molecule has 17 aromatic rings. The highest BCUT2D eigenvalue weighted by Crippen LogP contribution is 2.47. The highest BCUT2D eigenvalue weighted by molar-refractivity contribution is 7.00. The normalized spacial score (nSPS) is 12.6. The zero-order chi connectivity index (χ0) is 58.8. The van der Waals surface area contributed by atoms with Gasteiger partial charge in [-0.05, 0) is 112 Å². The molecule has 6 heterocycles. The summed E-state index contributed by atoms with van der Waals surface area (Å²) in [5.41, 5.74) is 20.7. The number of rotatable bonds is 2. The maximum Gasteiger partial charge on any atom is 0.252 e. The van der Waals surface area contributed by atoms with Crippen LogP contribution in [0.1, 0.15) is 26.3 Å². The Morgan fingerprint density at radius 2 is 0.551 bits per heavy atom. The molecule has 7 heteroatoms. The van der Waals surface area contributed by atoms with Crippen LogP contribution < -0.4 is 16.4 Å². The monoisotopic (exact) mass is 1140 g/mol. The second kappa shape index (κ2) is 18.6. The largest absolute Gasteiger partial charge is 0.456 e. The number of fused-ring (bicyclic) bond motifs is 24. The fourth-order valence-corrected chi connectivity index (χ4v) is 15.7. The molecule has 0 saturated carbocycles. The van der Waals surface area contributed by atoms with E-state index in [0.29, 0.717) is 0 Å². The Bertz CT molecular complexity index is 5720. The fourth-order valence-electron chi connectivity index (χ4n) is 15.7. The lowest BCUT2D eigenvalue weighted by Gasteiger charge is -2.38. The average molecular weight is 1140 g/mol. The van der Waals surface area contributed by atoms with E-state index in [1.807, 2.05) is 0 Å². The van der Waals surface area contributed by atoms with Gasteiger partial charge in [0.25, 0.3) is 6.71 Å². The first-order chi connectivity index (χ1) is 43.9. The van der Waals surface area contributed by atoms with Crippen LogP contribution in [0, 0.1) is 0 Å². The molecule has 0 saturated heterocycles. The smallest absolute Gasteiger partial charge is 0.252 e. The van der Waals surface area contributed by atoms with Crippen molar-refractivity contribution in [3.05, 3.63) is 285 Å². The van der Waals surface area contributed by atoms with Crippen LogP contribution in [0.3, 0.4) is 0 Å². The van der Waals surface area contributed by atoms with E-state index in [9.17, 15) is 0 Å². The van der Waals surface area contributed by atoms with Crippen molar-refractivity contribution >= 4 is 154 Å². The molecule has 0 unspecified atom stereocenters. The second-order valence-corrected chi connectivity index (χ2v) is 25.0. The van der Waals surface area contributed by atoms with Gasteiger partial charge in [0.2, 0.25) is 0 Å². The van der Waals surface area contributed by atoms with Crippen LogP contribution in [0.25, 0.3) is 154 Å². The standard InChI is InChI=1S/C82H55BN4O2/c1-82(2,3)78-76-60-32-12-22-42-74(60)88-72-40-20-10-30-58(72)56-28-8-18-38-68(56)86-70-48-50(84-64-34-14-4-24-52(64)53-25-5-15-35-65(53)84)44-46-62(70)83-63-47-45-51(85-66-36-16-6-26-54(66)55-27-7-17-37-67(55)85)49-71(63)87-69-39-19-9-29-57(69)59-31-11-21-41-73(59)89-75-43-23-13-33-61(75)77(78)81(87)79(83)80(76)86/h4-49H,1-3H3. The average Bonchev–Trinajstić information content (AvgIpc) is 1.23. The molecule has 2 aliphatic rings. The van der Waals surface area contributed by atoms with E-state index in [0.717, 1.165) is 132 Å². The maximum atomic E-state index is 7.49. The molecular formula is C82H55BN4O2. The lowest BCUT2D eigenvalue weighted by Crippen LogP contribution is -2.59. The first-order valence-electron chi connectivity index (χ1n) is 30.9. The molecule has 418 valence electrons. The minimum absolute atomic E-state index is 0.297. The second-order valence-electron chi connectivity index (χ2n) is 25.0. The Balaban J connectivity index is 1.16. The molecule has 0 bridgehead atoms. The van der Waals surface area contributed by atoms with Gasteiger partial charge in [0, 0.05) is 87.4 Å². The van der Waals surface area contributed by atoms with Crippen LogP contribution >= 0.6 is 0 Å². The molecule has 0 aliphatic carbocycles. The van der Waals surface area contributed by atoms with Crippen molar-refractivity contribution in [2.75, 3.05) is 0 Å². The summed E-state index contributed by atoms with van der Waals surface area (Å²) in [6, 6.07) is 103. The molecule has 13 aromatic carbocycles. The molecule has 89 heavy (non-hydrogen) atoms. The van der Waals surface area contributed by atoms with E-state index in [1.54, 1.807) is 0 Å². The molecular weight excluding hydrogens is 1080 g/mol. The first-order valence-corrected chi connectivity index (χ1v) is 30.9. The zero-order valence-corrected chi connectivity index (χ0v) is 49.2. The summed E-state index contributed by atoms with van der Waals surface area (Å²) in [7, 11) is 0. The number of benzene rings is 13. The topological polar surface area (TPSA) is 46.0 Å². The third-order valence-corrected chi connectivity index (χ3v) is 19.2. The van der Waals surface area contributed by atoms with Crippen LogP contribution in [0.5, 0.6) is 0 Å². The fraction of sp³-hybridized carbons (Fsp3) is 0.0488. The summed E-state index contributed by atoms with van der Waals surface area (Å²) in [4.78, 5) is 0. The van der Waals surface area contributed by atoms with Crippen LogP contribution in [0.4, 0.5) is 0 Å². The first kappa shape index (κ1) is 49.9. The SMILES string of the molecule is CC(C)(C)c1c2c3ccccc3oc3ccccc3c3ccccc3n3c2c2c4c1c1ccccc1oc1ccccc1c1ccccc1n4-c1cc(-n4c5ccccc5c5ccccc54)ccc1B2c1ccc(-n2c4ccccc4c4ccccc42)cc1-3. The number of hydrogen-bond acceptors (Lipinski definition) is 2. The minimum Gasteiger partial charge on any atom is -0.456 e. The van der Waals surface area contributed by atoms with Gasteiger partial charge >= 0.3 is 0 Å². The zero-order valence-electron chi connectivity index (χ0n) is 49.2. The minimum atomic E-state index is -0.525. The Morgan fingerprint density at radius 1 is 0.281 bits per heavy atom. The molecule has 0 N–H and O–H groups in total. The van der Waals surface area contributed by atoms with E-state index in [1.165, 1.54) is 43.5 Å². The van der Waals surface area contributed by atoms with Crippen molar-refractivity contribution in [3.8, 4) is 22.7 Å². The van der Waals surface area contributed by atoms with Crippen molar-refractivity contribution in [2.24, 2.45) is 0 Å². The highest BCUT2D eigenvalue weighted by atomic mass is 16.3. The Morgan fingerprint density at radius 3 is 0.888 bits per heavy atom. The third kappa shape index (κ3) is 7.04. The summed E-state index contributed by atoms with van der Waals surface area (Å²) >= 11 is 0. The quantitative estimate of drug-likeness (QED) is 0.162. The molecule has 4 aromatic heterocycles. The van der Waals surface area contributed by atoms with Crippen LogP contribution in [0.15, 0.2) is 288 Å². The van der Waals surface area contributed by atoms with Gasteiger partial charge in [-0.1, -0.05) is 215 Å². The van der Waals surface area contributed by atoms with Crippen LogP contribution in [-0.4, -0.2) is 25.0 Å². The Labute approximate surface area is 512 Å². The maximum absolute atomic E-state index is 7.49. The van der Waals surface area contributed by atoms with E-state index in [-0.39, 0.29) is 6.71 Å². The van der Waals surface area contributed by atoms with Crippen molar-refractivity contribution in [2.45, 2.75) is 26.2 Å². The van der Waals surface area contributed by atoms with Crippen molar-refractivity contribution in [1.82, 2.24) is 18.3 Å². The number of para-hydroxylation sites is 10. The van der Waals surface area contributed by atoms with Crippen LogP contribution in [-0.2, 0) is 5.41 Å². The van der Waals surface area contributed by atoms with Gasteiger partial charge in [-0.2, -0.15) is 0 Å². The lowest BCUT2D eigenvalue weighted by molar-refractivity contribution is 0.601. The molecule has 0 radical (unpaired) electrons. The van der Waals surface area contributed by atoms with Gasteiger partial charge in [-0.15, -0.1) is 0 Å². The van der Waals surface area contributed by atoms with E-state index >= 15 is 0 Å². The molecule has 0 spiro atoms.